The molecule has 1 N–H and O–H groups in total. The van der Waals surface area contributed by atoms with Crippen LogP contribution in [0.3, 0.4) is 0 Å². The minimum Gasteiger partial charge on any atom is -0.506 e. The van der Waals surface area contributed by atoms with Gasteiger partial charge in [0.25, 0.3) is 5.56 Å². The second-order valence-corrected chi connectivity index (χ2v) is 3.48. The van der Waals surface area contributed by atoms with Crippen LogP contribution >= 0.6 is 23.4 Å². The molecule has 0 aliphatic carbocycles. The molecule has 0 unspecified atom stereocenters. The molecule has 1 aromatic heterocycles. The van der Waals surface area contributed by atoms with E-state index in [2.05, 4.69) is 0 Å². The summed E-state index contributed by atoms with van der Waals surface area (Å²) >= 11 is 7.11. The van der Waals surface area contributed by atoms with Crippen LogP contribution in [0.4, 0.5) is 0 Å². The first-order valence-electron chi connectivity index (χ1n) is 3.23. The number of thioether (sulfide) groups is 1. The summed E-state index contributed by atoms with van der Waals surface area (Å²) in [6.45, 7) is 0. The van der Waals surface area contributed by atoms with E-state index in [4.69, 9.17) is 16.7 Å². The molecular weight excluding hydrogens is 198 g/mol. The van der Waals surface area contributed by atoms with E-state index in [1.165, 1.54) is 22.5 Å². The average Bonchev–Trinajstić information content (AvgIpc) is 2.01. The lowest BCUT2D eigenvalue weighted by molar-refractivity contribution is 0.472. The zero-order valence-electron chi connectivity index (χ0n) is 6.45. The molecule has 0 amide bonds. The van der Waals surface area contributed by atoms with Crippen LogP contribution in [-0.2, 0) is 5.88 Å². The van der Waals surface area contributed by atoms with E-state index in [1.54, 1.807) is 0 Å². The van der Waals surface area contributed by atoms with Crippen LogP contribution in [0.15, 0.2) is 17.1 Å². The fourth-order valence-electron chi connectivity index (χ4n) is 0.775. The smallest absolute Gasteiger partial charge is 0.255 e. The number of aromatic hydroxyl groups is 1. The van der Waals surface area contributed by atoms with Crippen molar-refractivity contribution in [3.05, 3.63) is 27.6 Å². The van der Waals surface area contributed by atoms with Crippen molar-refractivity contribution < 1.29 is 5.11 Å². The Bertz CT molecular complexity index is 337. The van der Waals surface area contributed by atoms with Gasteiger partial charge in [0.2, 0.25) is 0 Å². The number of nitrogens with zero attached hydrogens (tertiary/aromatic N) is 1. The van der Waals surface area contributed by atoms with Crippen molar-refractivity contribution in [2.45, 2.75) is 5.88 Å². The Balaban J connectivity index is 3.14. The van der Waals surface area contributed by atoms with Gasteiger partial charge in [-0.15, -0.1) is 11.8 Å². The number of hydrogen-bond acceptors (Lipinski definition) is 3. The summed E-state index contributed by atoms with van der Waals surface area (Å²) in [6.07, 6.45) is 3.31. The molecule has 0 aromatic carbocycles. The van der Waals surface area contributed by atoms with Gasteiger partial charge in [-0.1, -0.05) is 11.6 Å². The first-order chi connectivity index (χ1) is 5.65. The normalized spacial score (nSPS) is 10.2. The summed E-state index contributed by atoms with van der Waals surface area (Å²) in [5.74, 6) is 0.373. The van der Waals surface area contributed by atoms with Gasteiger partial charge < -0.3 is 9.67 Å². The maximum atomic E-state index is 11.1. The first-order valence-corrected chi connectivity index (χ1v) is 5.00. The highest BCUT2D eigenvalue weighted by Crippen LogP contribution is 2.19. The SMILES string of the molecule is CSCn1cc(Cl)c(O)cc1=O. The average molecular weight is 206 g/mol. The molecule has 0 bridgehead atoms. The molecule has 0 atom stereocenters. The van der Waals surface area contributed by atoms with Crippen LogP contribution in [0.2, 0.25) is 5.02 Å². The molecule has 0 aliphatic rings. The predicted molar refractivity (Wildman–Crippen MR) is 50.9 cm³/mol. The van der Waals surface area contributed by atoms with E-state index in [1.807, 2.05) is 6.26 Å². The molecule has 0 saturated heterocycles. The molecule has 0 aliphatic heterocycles. The van der Waals surface area contributed by atoms with Gasteiger partial charge in [-0.2, -0.15) is 0 Å². The van der Waals surface area contributed by atoms with E-state index in [0.717, 1.165) is 6.07 Å². The van der Waals surface area contributed by atoms with Crippen LogP contribution < -0.4 is 5.56 Å². The Hall–Kier alpha value is -0.610. The van der Waals surface area contributed by atoms with Gasteiger partial charge in [0.1, 0.15) is 5.75 Å². The zero-order valence-corrected chi connectivity index (χ0v) is 8.02. The summed E-state index contributed by atoms with van der Waals surface area (Å²) in [5, 5.41) is 9.24. The number of aromatic nitrogens is 1. The summed E-state index contributed by atoms with van der Waals surface area (Å²) in [4.78, 5) is 11.1. The highest BCUT2D eigenvalue weighted by molar-refractivity contribution is 7.97. The van der Waals surface area contributed by atoms with Crippen molar-refractivity contribution in [2.24, 2.45) is 0 Å². The molecule has 1 aromatic rings. The Morgan fingerprint density at radius 3 is 3.00 bits per heavy atom. The van der Waals surface area contributed by atoms with Gasteiger partial charge >= 0.3 is 0 Å². The molecule has 0 radical (unpaired) electrons. The topological polar surface area (TPSA) is 42.2 Å². The van der Waals surface area contributed by atoms with Gasteiger partial charge in [-0.05, 0) is 6.26 Å². The second kappa shape index (κ2) is 3.87. The monoisotopic (exact) mass is 205 g/mol. The Labute approximate surface area is 79.0 Å². The molecule has 0 saturated carbocycles. The second-order valence-electron chi connectivity index (χ2n) is 2.23. The summed E-state index contributed by atoms with van der Waals surface area (Å²) in [6, 6.07) is 1.11. The van der Waals surface area contributed by atoms with Crippen LogP contribution in [0, 0.1) is 0 Å². The van der Waals surface area contributed by atoms with Crippen molar-refractivity contribution in [2.75, 3.05) is 6.26 Å². The molecule has 0 spiro atoms. The maximum absolute atomic E-state index is 11.1. The zero-order chi connectivity index (χ0) is 9.14. The maximum Gasteiger partial charge on any atom is 0.255 e. The molecule has 66 valence electrons. The summed E-state index contributed by atoms with van der Waals surface area (Å²) in [7, 11) is 0. The summed E-state index contributed by atoms with van der Waals surface area (Å²) < 4.78 is 1.44. The minimum atomic E-state index is -0.244. The van der Waals surface area contributed by atoms with Gasteiger partial charge in [-0.3, -0.25) is 4.79 Å². The van der Waals surface area contributed by atoms with Crippen LogP contribution in [-0.4, -0.2) is 15.9 Å². The molecule has 12 heavy (non-hydrogen) atoms. The largest absolute Gasteiger partial charge is 0.506 e. The lowest BCUT2D eigenvalue weighted by Crippen LogP contribution is -2.16. The minimum absolute atomic E-state index is 0.168. The third-order valence-electron chi connectivity index (χ3n) is 1.33. The molecule has 1 heterocycles. The van der Waals surface area contributed by atoms with Gasteiger partial charge in [0.15, 0.2) is 0 Å². The van der Waals surface area contributed by atoms with Crippen molar-refractivity contribution >= 4 is 23.4 Å². The molecular formula is C7H8ClNO2S. The van der Waals surface area contributed by atoms with Crippen LogP contribution in [0.25, 0.3) is 0 Å². The third-order valence-corrected chi connectivity index (χ3v) is 2.15. The Kier molecular flexibility index (Phi) is 3.05. The van der Waals surface area contributed by atoms with E-state index < -0.39 is 0 Å². The molecule has 0 fully saturated rings. The highest BCUT2D eigenvalue weighted by atomic mass is 35.5. The Morgan fingerprint density at radius 1 is 1.75 bits per heavy atom. The van der Waals surface area contributed by atoms with Gasteiger partial charge in [0, 0.05) is 12.3 Å². The highest BCUT2D eigenvalue weighted by Gasteiger charge is 2.01. The standard InChI is InChI=1S/C7H8ClNO2S/c1-12-4-9-3-5(8)6(10)2-7(9)11/h2-3,10H,4H2,1H3. The Morgan fingerprint density at radius 2 is 2.42 bits per heavy atom. The van der Waals surface area contributed by atoms with Crippen molar-refractivity contribution in [3.63, 3.8) is 0 Å². The molecule has 1 rings (SSSR count). The number of rotatable bonds is 2. The van der Waals surface area contributed by atoms with E-state index in [0.29, 0.717) is 5.88 Å². The number of pyridine rings is 1. The van der Waals surface area contributed by atoms with Crippen molar-refractivity contribution in [1.29, 1.82) is 0 Å². The van der Waals surface area contributed by atoms with Gasteiger partial charge in [-0.25, -0.2) is 0 Å². The lowest BCUT2D eigenvalue weighted by Gasteiger charge is -2.03. The van der Waals surface area contributed by atoms with Crippen LogP contribution in [0.5, 0.6) is 5.75 Å². The lowest BCUT2D eigenvalue weighted by atomic mass is 10.4. The van der Waals surface area contributed by atoms with Crippen molar-refractivity contribution in [1.82, 2.24) is 4.57 Å². The van der Waals surface area contributed by atoms with Gasteiger partial charge in [0.05, 0.1) is 10.9 Å². The van der Waals surface area contributed by atoms with E-state index >= 15 is 0 Å². The third kappa shape index (κ3) is 1.95. The molecule has 3 nitrogen and oxygen atoms in total. The summed E-state index contributed by atoms with van der Waals surface area (Å²) in [5.41, 5.74) is -0.244. The van der Waals surface area contributed by atoms with Crippen LogP contribution in [0.1, 0.15) is 0 Å². The molecule has 5 heteroatoms. The van der Waals surface area contributed by atoms with E-state index in [-0.39, 0.29) is 16.3 Å². The predicted octanol–water partition coefficient (Wildman–Crippen LogP) is 1.53. The number of hydrogen-bond donors (Lipinski definition) is 1. The van der Waals surface area contributed by atoms with Crippen molar-refractivity contribution in [3.8, 4) is 5.75 Å². The first kappa shape index (κ1) is 9.48. The van der Waals surface area contributed by atoms with E-state index in [9.17, 15) is 4.79 Å². The quantitative estimate of drug-likeness (QED) is 0.796. The fourth-order valence-corrected chi connectivity index (χ4v) is 1.43. The number of halogens is 1. The fraction of sp³-hybridized carbons (Fsp3) is 0.286.